The fourth-order valence-electron chi connectivity index (χ4n) is 2.68. The van der Waals surface area contributed by atoms with Gasteiger partial charge in [0.25, 0.3) is 0 Å². The molecular weight excluding hydrogens is 234 g/mol. The third-order valence-electron chi connectivity index (χ3n) is 3.60. The molecule has 1 fully saturated rings. The van der Waals surface area contributed by atoms with Crippen LogP contribution in [-0.4, -0.2) is 36.1 Å². The second kappa shape index (κ2) is 5.95. The molecule has 1 saturated heterocycles. The summed E-state index contributed by atoms with van der Waals surface area (Å²) in [6, 6.07) is 17.1. The molecule has 3 nitrogen and oxygen atoms in total. The Bertz CT molecular complexity index is 452. The lowest BCUT2D eigenvalue weighted by atomic mass is 10.0. The van der Waals surface area contributed by atoms with E-state index < -0.39 is 0 Å². The van der Waals surface area contributed by atoms with Crippen LogP contribution in [0.3, 0.4) is 0 Å². The summed E-state index contributed by atoms with van der Waals surface area (Å²) in [6.45, 7) is 4.23. The zero-order valence-electron chi connectivity index (χ0n) is 11.0. The van der Waals surface area contributed by atoms with E-state index in [1.54, 1.807) is 0 Å². The molecule has 1 aromatic heterocycles. The lowest BCUT2D eigenvalue weighted by Gasteiger charge is -2.34. The first-order chi connectivity index (χ1) is 9.45. The van der Waals surface area contributed by atoms with E-state index in [2.05, 4.69) is 57.7 Å². The van der Waals surface area contributed by atoms with Gasteiger partial charge in [-0.2, -0.15) is 0 Å². The fourth-order valence-corrected chi connectivity index (χ4v) is 2.68. The Morgan fingerprint density at radius 2 is 1.68 bits per heavy atom. The van der Waals surface area contributed by atoms with E-state index >= 15 is 0 Å². The number of hydrogen-bond acceptors (Lipinski definition) is 3. The standard InChI is InChI=1S/C16H19N3/c1-2-6-14(7-3-1)16(15-8-4-5-9-18-15)19-12-10-17-11-13-19/h1-9,16-17H,10-13H2. The molecule has 2 aromatic rings. The number of pyridine rings is 1. The zero-order chi connectivity index (χ0) is 12.9. The minimum atomic E-state index is 0.268. The highest BCUT2D eigenvalue weighted by molar-refractivity contribution is 5.27. The highest BCUT2D eigenvalue weighted by Crippen LogP contribution is 2.27. The van der Waals surface area contributed by atoms with Gasteiger partial charge in [-0.05, 0) is 17.7 Å². The Hall–Kier alpha value is -1.71. The van der Waals surface area contributed by atoms with Gasteiger partial charge in [0.05, 0.1) is 11.7 Å². The first-order valence-electron chi connectivity index (χ1n) is 6.86. The molecule has 0 aliphatic carbocycles. The van der Waals surface area contributed by atoms with Crippen LogP contribution in [0.1, 0.15) is 17.3 Å². The molecule has 1 atom stereocenters. The molecule has 0 amide bonds. The molecule has 19 heavy (non-hydrogen) atoms. The minimum absolute atomic E-state index is 0.268. The monoisotopic (exact) mass is 253 g/mol. The Kier molecular flexibility index (Phi) is 3.86. The van der Waals surface area contributed by atoms with Crippen LogP contribution in [0, 0.1) is 0 Å². The molecule has 1 aromatic carbocycles. The average Bonchev–Trinajstić information content (AvgIpc) is 2.51. The molecule has 2 heterocycles. The van der Waals surface area contributed by atoms with Crippen molar-refractivity contribution >= 4 is 0 Å². The maximum absolute atomic E-state index is 4.57. The van der Waals surface area contributed by atoms with Gasteiger partial charge in [0.15, 0.2) is 0 Å². The summed E-state index contributed by atoms with van der Waals surface area (Å²) in [7, 11) is 0. The van der Waals surface area contributed by atoms with Crippen LogP contribution in [0.5, 0.6) is 0 Å². The number of rotatable bonds is 3. The van der Waals surface area contributed by atoms with Gasteiger partial charge in [-0.1, -0.05) is 36.4 Å². The third-order valence-corrected chi connectivity index (χ3v) is 3.60. The summed E-state index contributed by atoms with van der Waals surface area (Å²) in [5.74, 6) is 0. The van der Waals surface area contributed by atoms with Gasteiger partial charge in [0.1, 0.15) is 0 Å². The first kappa shape index (κ1) is 12.3. The topological polar surface area (TPSA) is 28.2 Å². The van der Waals surface area contributed by atoms with Gasteiger partial charge in [-0.3, -0.25) is 9.88 Å². The van der Waals surface area contributed by atoms with Crippen molar-refractivity contribution in [2.75, 3.05) is 26.2 Å². The van der Waals surface area contributed by atoms with E-state index in [9.17, 15) is 0 Å². The third kappa shape index (κ3) is 2.83. The summed E-state index contributed by atoms with van der Waals surface area (Å²) < 4.78 is 0. The quantitative estimate of drug-likeness (QED) is 0.907. The highest BCUT2D eigenvalue weighted by Gasteiger charge is 2.24. The molecule has 1 unspecified atom stereocenters. The van der Waals surface area contributed by atoms with Crippen LogP contribution >= 0.6 is 0 Å². The maximum Gasteiger partial charge on any atom is 0.0777 e. The summed E-state index contributed by atoms with van der Waals surface area (Å²) in [4.78, 5) is 7.08. The zero-order valence-corrected chi connectivity index (χ0v) is 11.0. The van der Waals surface area contributed by atoms with Crippen LogP contribution in [0.25, 0.3) is 0 Å². The molecule has 0 spiro atoms. The average molecular weight is 253 g/mol. The van der Waals surface area contributed by atoms with Gasteiger partial charge in [0.2, 0.25) is 0 Å². The molecule has 0 radical (unpaired) electrons. The largest absolute Gasteiger partial charge is 0.314 e. The molecule has 0 saturated carbocycles. The number of piperazine rings is 1. The van der Waals surface area contributed by atoms with Crippen LogP contribution < -0.4 is 5.32 Å². The van der Waals surface area contributed by atoms with E-state index in [0.29, 0.717) is 0 Å². The molecule has 1 aliphatic heterocycles. The summed E-state index contributed by atoms with van der Waals surface area (Å²) in [5, 5.41) is 3.41. The van der Waals surface area contributed by atoms with Crippen LogP contribution in [-0.2, 0) is 0 Å². The van der Waals surface area contributed by atoms with Crippen molar-refractivity contribution in [2.45, 2.75) is 6.04 Å². The first-order valence-corrected chi connectivity index (χ1v) is 6.86. The number of nitrogens with one attached hydrogen (secondary N) is 1. The molecular formula is C16H19N3. The van der Waals surface area contributed by atoms with Crippen LogP contribution in [0.2, 0.25) is 0 Å². The normalized spacial score (nSPS) is 18.1. The molecule has 0 bridgehead atoms. The molecule has 1 aliphatic rings. The summed E-state index contributed by atoms with van der Waals surface area (Å²) in [6.07, 6.45) is 1.88. The minimum Gasteiger partial charge on any atom is -0.314 e. The Morgan fingerprint density at radius 1 is 0.947 bits per heavy atom. The van der Waals surface area contributed by atoms with Crippen molar-refractivity contribution in [3.8, 4) is 0 Å². The van der Waals surface area contributed by atoms with E-state index in [-0.39, 0.29) is 6.04 Å². The van der Waals surface area contributed by atoms with Gasteiger partial charge in [-0.15, -0.1) is 0 Å². The van der Waals surface area contributed by atoms with Gasteiger partial charge in [-0.25, -0.2) is 0 Å². The van der Waals surface area contributed by atoms with Crippen LogP contribution in [0.4, 0.5) is 0 Å². The molecule has 3 rings (SSSR count). The van der Waals surface area contributed by atoms with Crippen LogP contribution in [0.15, 0.2) is 54.7 Å². The van der Waals surface area contributed by atoms with E-state index in [1.165, 1.54) is 5.56 Å². The summed E-state index contributed by atoms with van der Waals surface area (Å²) >= 11 is 0. The predicted molar refractivity (Wildman–Crippen MR) is 77.0 cm³/mol. The van der Waals surface area contributed by atoms with E-state index in [4.69, 9.17) is 0 Å². The number of benzene rings is 1. The molecule has 98 valence electrons. The second-order valence-corrected chi connectivity index (χ2v) is 4.85. The Balaban J connectivity index is 1.96. The molecule has 3 heteroatoms. The van der Waals surface area contributed by atoms with Crippen molar-refractivity contribution in [2.24, 2.45) is 0 Å². The highest BCUT2D eigenvalue weighted by atomic mass is 15.2. The number of hydrogen-bond donors (Lipinski definition) is 1. The van der Waals surface area contributed by atoms with Crippen molar-refractivity contribution in [1.29, 1.82) is 0 Å². The number of aromatic nitrogens is 1. The van der Waals surface area contributed by atoms with Crippen molar-refractivity contribution in [1.82, 2.24) is 15.2 Å². The maximum atomic E-state index is 4.57. The lowest BCUT2D eigenvalue weighted by Crippen LogP contribution is -2.45. The SMILES string of the molecule is c1ccc(C(c2ccccn2)N2CCNCC2)cc1. The van der Waals surface area contributed by atoms with Crippen molar-refractivity contribution in [3.05, 3.63) is 66.0 Å². The van der Waals surface area contributed by atoms with Crippen molar-refractivity contribution in [3.63, 3.8) is 0 Å². The summed E-state index contributed by atoms with van der Waals surface area (Å²) in [5.41, 5.74) is 2.46. The second-order valence-electron chi connectivity index (χ2n) is 4.85. The van der Waals surface area contributed by atoms with Gasteiger partial charge < -0.3 is 5.32 Å². The van der Waals surface area contributed by atoms with E-state index in [0.717, 1.165) is 31.9 Å². The van der Waals surface area contributed by atoms with E-state index in [1.807, 2.05) is 12.3 Å². The lowest BCUT2D eigenvalue weighted by molar-refractivity contribution is 0.195. The Morgan fingerprint density at radius 3 is 2.37 bits per heavy atom. The smallest absolute Gasteiger partial charge is 0.0777 e. The Labute approximate surface area is 114 Å². The molecule has 1 N–H and O–H groups in total. The van der Waals surface area contributed by atoms with Gasteiger partial charge in [0, 0.05) is 32.4 Å². The predicted octanol–water partition coefficient (Wildman–Crippen LogP) is 2.08. The number of nitrogens with zero attached hydrogens (tertiary/aromatic N) is 2. The fraction of sp³-hybridized carbons (Fsp3) is 0.312. The van der Waals surface area contributed by atoms with Crippen molar-refractivity contribution < 1.29 is 0 Å². The van der Waals surface area contributed by atoms with Gasteiger partial charge >= 0.3 is 0 Å².